The first-order valence-electron chi connectivity index (χ1n) is 10.6. The van der Waals surface area contributed by atoms with E-state index in [0.29, 0.717) is 31.9 Å². The van der Waals surface area contributed by atoms with Gasteiger partial charge in [-0.25, -0.2) is 0 Å². The third-order valence-electron chi connectivity index (χ3n) is 6.04. The summed E-state index contributed by atoms with van der Waals surface area (Å²) in [6.07, 6.45) is 2.15. The number of carbonyl (C=O) groups excluding carboxylic acids is 1. The summed E-state index contributed by atoms with van der Waals surface area (Å²) in [4.78, 5) is 18.8. The molecule has 1 amide bonds. The van der Waals surface area contributed by atoms with Crippen molar-refractivity contribution in [3.63, 3.8) is 0 Å². The van der Waals surface area contributed by atoms with E-state index in [4.69, 9.17) is 9.73 Å². The predicted octanol–water partition coefficient (Wildman–Crippen LogP) is 3.65. The molecule has 6 nitrogen and oxygen atoms in total. The zero-order valence-corrected chi connectivity index (χ0v) is 17.6. The lowest BCUT2D eigenvalue weighted by atomic mass is 9.87. The topological polar surface area (TPSA) is 74.2 Å². The summed E-state index contributed by atoms with van der Waals surface area (Å²) in [7, 11) is 0. The van der Waals surface area contributed by atoms with E-state index in [9.17, 15) is 9.90 Å². The van der Waals surface area contributed by atoms with Crippen molar-refractivity contribution in [3.05, 3.63) is 59.7 Å². The molecule has 0 aliphatic carbocycles. The number of aliphatic imine (C=N–C) groups is 1. The number of rotatable bonds is 4. The van der Waals surface area contributed by atoms with Gasteiger partial charge in [-0.05, 0) is 18.6 Å². The van der Waals surface area contributed by atoms with Crippen molar-refractivity contribution >= 4 is 11.6 Å². The van der Waals surface area contributed by atoms with E-state index in [1.807, 2.05) is 42.2 Å². The van der Waals surface area contributed by atoms with Crippen LogP contribution < -0.4 is 10.1 Å². The molecular formula is C24H29N3O3. The summed E-state index contributed by atoms with van der Waals surface area (Å²) in [5, 5.41) is 14.6. The fourth-order valence-corrected chi connectivity index (χ4v) is 4.45. The molecule has 0 saturated carbocycles. The number of aromatic hydroxyl groups is 1. The zero-order chi connectivity index (χ0) is 21.1. The van der Waals surface area contributed by atoms with Crippen molar-refractivity contribution in [2.45, 2.75) is 44.8 Å². The molecule has 158 valence electrons. The monoisotopic (exact) mass is 407 g/mol. The Morgan fingerprint density at radius 1 is 1.20 bits per heavy atom. The lowest BCUT2D eigenvalue weighted by Gasteiger charge is -2.45. The number of piperidine rings is 1. The summed E-state index contributed by atoms with van der Waals surface area (Å²) in [6.45, 7) is 5.36. The van der Waals surface area contributed by atoms with E-state index in [2.05, 4.69) is 17.4 Å². The average Bonchev–Trinajstić information content (AvgIpc) is 2.76. The Bertz CT molecular complexity index is 934. The second kappa shape index (κ2) is 8.48. The molecule has 2 aromatic rings. The maximum absolute atomic E-state index is 11.8. The molecule has 6 heteroatoms. The lowest BCUT2D eigenvalue weighted by Crippen LogP contribution is -2.56. The number of para-hydroxylation sites is 1. The van der Waals surface area contributed by atoms with Crippen molar-refractivity contribution in [1.82, 2.24) is 10.2 Å². The first-order chi connectivity index (χ1) is 14.5. The number of phenolic OH excluding ortho intramolecular Hbond substituents is 1. The number of hydrogen-bond acceptors (Lipinski definition) is 5. The van der Waals surface area contributed by atoms with Gasteiger partial charge in [-0.15, -0.1) is 0 Å². The fraction of sp³-hybridized carbons (Fsp3) is 0.417. The molecule has 1 saturated heterocycles. The number of ether oxygens (including phenoxy) is 1. The van der Waals surface area contributed by atoms with Gasteiger partial charge in [-0.1, -0.05) is 42.5 Å². The van der Waals surface area contributed by atoms with E-state index in [0.717, 1.165) is 29.7 Å². The van der Waals surface area contributed by atoms with E-state index >= 15 is 0 Å². The van der Waals surface area contributed by atoms with Crippen molar-refractivity contribution < 1.29 is 14.6 Å². The first kappa shape index (κ1) is 20.4. The second-order valence-corrected chi connectivity index (χ2v) is 7.99. The highest BCUT2D eigenvalue weighted by Crippen LogP contribution is 2.40. The van der Waals surface area contributed by atoms with Crippen LogP contribution in [0.15, 0.2) is 53.5 Å². The van der Waals surface area contributed by atoms with Crippen LogP contribution in [0.1, 0.15) is 50.3 Å². The standard InChI is InChI=1S/C24H29N3O3/c1-3-30-22-11-7-10-19(23(22)29)21-16-20(18-8-5-4-6-9-18)25-24(26-21)12-14-27(15-13-24)17(2)28/h4-11,21,26,29H,3,12-16H2,1-2H3/t21-/m1/s1. The summed E-state index contributed by atoms with van der Waals surface area (Å²) in [5.74, 6) is 0.787. The number of amides is 1. The summed E-state index contributed by atoms with van der Waals surface area (Å²) in [6, 6.07) is 15.8. The van der Waals surface area contributed by atoms with Crippen LogP contribution in [0, 0.1) is 0 Å². The molecule has 1 atom stereocenters. The van der Waals surface area contributed by atoms with Crippen LogP contribution in [0.4, 0.5) is 0 Å². The Balaban J connectivity index is 1.70. The van der Waals surface area contributed by atoms with Crippen LogP contribution in [0.2, 0.25) is 0 Å². The summed E-state index contributed by atoms with van der Waals surface area (Å²) >= 11 is 0. The molecule has 1 fully saturated rings. The fourth-order valence-electron chi connectivity index (χ4n) is 4.45. The predicted molar refractivity (Wildman–Crippen MR) is 117 cm³/mol. The Labute approximate surface area is 177 Å². The number of carbonyl (C=O) groups is 1. The van der Waals surface area contributed by atoms with Crippen LogP contribution in [0.25, 0.3) is 0 Å². The van der Waals surface area contributed by atoms with Crippen LogP contribution in [-0.2, 0) is 4.79 Å². The molecule has 2 aromatic carbocycles. The van der Waals surface area contributed by atoms with Crippen molar-refractivity contribution in [1.29, 1.82) is 0 Å². The Morgan fingerprint density at radius 3 is 2.60 bits per heavy atom. The Kier molecular flexibility index (Phi) is 5.77. The number of likely N-dealkylation sites (tertiary alicyclic amines) is 1. The minimum atomic E-state index is -0.450. The molecule has 0 radical (unpaired) electrons. The highest BCUT2D eigenvalue weighted by Gasteiger charge is 2.41. The third kappa shape index (κ3) is 4.05. The molecule has 2 heterocycles. The molecule has 2 aliphatic heterocycles. The molecule has 4 rings (SSSR count). The molecule has 30 heavy (non-hydrogen) atoms. The van der Waals surface area contributed by atoms with Gasteiger partial charge in [0.2, 0.25) is 5.91 Å². The second-order valence-electron chi connectivity index (χ2n) is 7.99. The Morgan fingerprint density at radius 2 is 1.93 bits per heavy atom. The molecule has 0 bridgehead atoms. The molecule has 0 aromatic heterocycles. The van der Waals surface area contributed by atoms with Gasteiger partial charge in [0.15, 0.2) is 11.5 Å². The van der Waals surface area contributed by atoms with Gasteiger partial charge in [-0.2, -0.15) is 0 Å². The molecule has 0 unspecified atom stereocenters. The average molecular weight is 408 g/mol. The van der Waals surface area contributed by atoms with E-state index in [1.165, 1.54) is 0 Å². The van der Waals surface area contributed by atoms with Crippen LogP contribution >= 0.6 is 0 Å². The van der Waals surface area contributed by atoms with Gasteiger partial charge < -0.3 is 14.7 Å². The molecular weight excluding hydrogens is 378 g/mol. The van der Waals surface area contributed by atoms with Crippen molar-refractivity contribution in [2.24, 2.45) is 4.99 Å². The maximum atomic E-state index is 11.8. The smallest absolute Gasteiger partial charge is 0.219 e. The van der Waals surface area contributed by atoms with Crippen LogP contribution in [-0.4, -0.2) is 47.0 Å². The minimum Gasteiger partial charge on any atom is -0.504 e. The molecule has 2 N–H and O–H groups in total. The summed E-state index contributed by atoms with van der Waals surface area (Å²) in [5.41, 5.74) is 2.49. The van der Waals surface area contributed by atoms with Crippen molar-refractivity contribution in [3.8, 4) is 11.5 Å². The number of nitrogens with zero attached hydrogens (tertiary/aromatic N) is 2. The SMILES string of the molecule is CCOc1cccc([C@H]2CC(c3ccccc3)=NC3(CCN(C(C)=O)CC3)N2)c1O. The molecule has 2 aliphatic rings. The Hall–Kier alpha value is -2.86. The first-order valence-corrected chi connectivity index (χ1v) is 10.6. The normalized spacial score (nSPS) is 20.7. The maximum Gasteiger partial charge on any atom is 0.219 e. The van der Waals surface area contributed by atoms with Crippen molar-refractivity contribution in [2.75, 3.05) is 19.7 Å². The zero-order valence-electron chi connectivity index (χ0n) is 17.6. The molecule has 1 spiro atoms. The van der Waals surface area contributed by atoms with Gasteiger partial charge in [0.05, 0.1) is 6.61 Å². The van der Waals surface area contributed by atoms with Gasteiger partial charge in [0, 0.05) is 56.6 Å². The van der Waals surface area contributed by atoms with Gasteiger partial charge in [-0.3, -0.25) is 15.1 Å². The van der Waals surface area contributed by atoms with E-state index < -0.39 is 5.66 Å². The van der Waals surface area contributed by atoms with Crippen LogP contribution in [0.3, 0.4) is 0 Å². The number of benzene rings is 2. The number of nitrogens with one attached hydrogen (secondary N) is 1. The van der Waals surface area contributed by atoms with Gasteiger partial charge in [0.1, 0.15) is 5.66 Å². The van der Waals surface area contributed by atoms with Gasteiger partial charge in [0.25, 0.3) is 0 Å². The largest absolute Gasteiger partial charge is 0.504 e. The van der Waals surface area contributed by atoms with Gasteiger partial charge >= 0.3 is 0 Å². The minimum absolute atomic E-state index is 0.0954. The lowest BCUT2D eigenvalue weighted by molar-refractivity contribution is -0.130. The third-order valence-corrected chi connectivity index (χ3v) is 6.04. The van der Waals surface area contributed by atoms with E-state index in [-0.39, 0.29) is 17.7 Å². The van der Waals surface area contributed by atoms with Crippen LogP contribution in [0.5, 0.6) is 11.5 Å². The quantitative estimate of drug-likeness (QED) is 0.811. The number of hydrogen-bond donors (Lipinski definition) is 2. The summed E-state index contributed by atoms with van der Waals surface area (Å²) < 4.78 is 5.60. The highest BCUT2D eigenvalue weighted by molar-refractivity contribution is 6.01. The number of phenols is 1. The highest BCUT2D eigenvalue weighted by atomic mass is 16.5. The van der Waals surface area contributed by atoms with E-state index in [1.54, 1.807) is 13.0 Å².